The number of carbonyl (C=O) groups excluding carboxylic acids is 2. The van der Waals surface area contributed by atoms with Crippen LogP contribution in [-0.4, -0.2) is 55.9 Å². The summed E-state index contributed by atoms with van der Waals surface area (Å²) in [6.07, 6.45) is 1.13. The average molecular weight is 361 g/mol. The van der Waals surface area contributed by atoms with Crippen molar-refractivity contribution in [1.82, 2.24) is 4.90 Å². The van der Waals surface area contributed by atoms with Crippen molar-refractivity contribution in [3.05, 3.63) is 29.8 Å². The number of anilines is 1. The van der Waals surface area contributed by atoms with E-state index in [1.165, 1.54) is 0 Å². The molecular formula is C19H27N3O4. The highest BCUT2D eigenvalue weighted by molar-refractivity contribution is 5.89. The third-order valence-corrected chi connectivity index (χ3v) is 5.03. The summed E-state index contributed by atoms with van der Waals surface area (Å²) in [5.41, 5.74) is 7.47. The predicted molar refractivity (Wildman–Crippen MR) is 97.7 cm³/mol. The van der Waals surface area contributed by atoms with E-state index in [4.69, 9.17) is 15.2 Å². The number of amides is 1. The van der Waals surface area contributed by atoms with E-state index in [1.807, 2.05) is 31.2 Å². The van der Waals surface area contributed by atoms with Crippen LogP contribution in [-0.2, 0) is 20.8 Å². The summed E-state index contributed by atoms with van der Waals surface area (Å²) in [6, 6.07) is 7.65. The van der Waals surface area contributed by atoms with Gasteiger partial charge in [0.05, 0.1) is 19.1 Å². The summed E-state index contributed by atoms with van der Waals surface area (Å²) in [6.45, 7) is 5.62. The molecule has 2 fully saturated rings. The zero-order valence-corrected chi connectivity index (χ0v) is 15.2. The van der Waals surface area contributed by atoms with Gasteiger partial charge in [0, 0.05) is 18.8 Å². The van der Waals surface area contributed by atoms with Crippen LogP contribution in [0.15, 0.2) is 24.3 Å². The highest BCUT2D eigenvalue weighted by atomic mass is 16.6. The molecule has 142 valence electrons. The first-order valence-corrected chi connectivity index (χ1v) is 9.26. The van der Waals surface area contributed by atoms with Crippen LogP contribution in [0.4, 0.5) is 10.5 Å². The van der Waals surface area contributed by atoms with Crippen molar-refractivity contribution in [2.24, 2.45) is 11.7 Å². The lowest BCUT2D eigenvalue weighted by Crippen LogP contribution is -2.41. The second kappa shape index (κ2) is 8.51. The van der Waals surface area contributed by atoms with Crippen LogP contribution >= 0.6 is 0 Å². The Hall–Kier alpha value is -2.12. The van der Waals surface area contributed by atoms with Crippen molar-refractivity contribution in [2.45, 2.75) is 32.4 Å². The lowest BCUT2D eigenvalue weighted by atomic mass is 9.97. The van der Waals surface area contributed by atoms with Crippen LogP contribution in [0.3, 0.4) is 0 Å². The number of rotatable bonds is 6. The number of ether oxygens (including phenoxy) is 2. The van der Waals surface area contributed by atoms with Gasteiger partial charge in [-0.1, -0.05) is 12.1 Å². The van der Waals surface area contributed by atoms with Gasteiger partial charge in [0.1, 0.15) is 6.10 Å². The summed E-state index contributed by atoms with van der Waals surface area (Å²) < 4.78 is 10.6. The maximum Gasteiger partial charge on any atom is 0.414 e. The van der Waals surface area contributed by atoms with E-state index in [-0.39, 0.29) is 24.1 Å². The number of nitrogens with two attached hydrogens (primary N) is 1. The Morgan fingerprint density at radius 2 is 1.96 bits per heavy atom. The number of likely N-dealkylation sites (tertiary alicyclic amines) is 1. The minimum absolute atomic E-state index is 0.00473. The summed E-state index contributed by atoms with van der Waals surface area (Å²) >= 11 is 0. The highest BCUT2D eigenvalue weighted by Gasteiger charge is 2.35. The van der Waals surface area contributed by atoms with Crippen molar-refractivity contribution in [3.63, 3.8) is 0 Å². The molecular weight excluding hydrogens is 334 g/mol. The fourth-order valence-electron chi connectivity index (χ4n) is 3.54. The third kappa shape index (κ3) is 4.34. The number of carbonyl (C=O) groups is 2. The quantitative estimate of drug-likeness (QED) is 0.777. The fraction of sp³-hybridized carbons (Fsp3) is 0.579. The van der Waals surface area contributed by atoms with Crippen molar-refractivity contribution in [1.29, 1.82) is 0 Å². The molecule has 0 spiro atoms. The Balaban J connectivity index is 1.49. The molecule has 2 aliphatic rings. The van der Waals surface area contributed by atoms with E-state index in [0.29, 0.717) is 26.2 Å². The van der Waals surface area contributed by atoms with Crippen molar-refractivity contribution in [3.8, 4) is 0 Å². The van der Waals surface area contributed by atoms with E-state index < -0.39 is 0 Å². The molecule has 0 unspecified atom stereocenters. The fourth-order valence-corrected chi connectivity index (χ4v) is 3.54. The molecule has 7 heteroatoms. The van der Waals surface area contributed by atoms with Gasteiger partial charge >= 0.3 is 12.1 Å². The molecule has 1 aromatic rings. The SMILES string of the molecule is CCOC(=O)C1CCN(C[C@@H]2CN(c3ccc(CN)cc3)C(=O)O2)CC1. The molecule has 0 aromatic heterocycles. The van der Waals surface area contributed by atoms with Crippen LogP contribution in [0.2, 0.25) is 0 Å². The minimum Gasteiger partial charge on any atom is -0.466 e. The van der Waals surface area contributed by atoms with Crippen LogP contribution in [0.5, 0.6) is 0 Å². The zero-order chi connectivity index (χ0) is 18.5. The van der Waals surface area contributed by atoms with Crippen LogP contribution in [0, 0.1) is 5.92 Å². The van der Waals surface area contributed by atoms with Crippen LogP contribution < -0.4 is 10.6 Å². The number of cyclic esters (lactones) is 1. The molecule has 2 heterocycles. The van der Waals surface area contributed by atoms with Gasteiger partial charge in [-0.05, 0) is 50.6 Å². The van der Waals surface area contributed by atoms with Crippen molar-refractivity contribution < 1.29 is 19.1 Å². The molecule has 1 aromatic carbocycles. The smallest absolute Gasteiger partial charge is 0.414 e. The van der Waals surface area contributed by atoms with E-state index in [9.17, 15) is 9.59 Å². The standard InChI is InChI=1S/C19H27N3O4/c1-2-25-18(23)15-7-9-21(10-8-15)12-17-13-22(19(24)26-17)16-5-3-14(11-20)4-6-16/h3-6,15,17H,2,7-13,20H2,1H3/t17-/m1/s1. The van der Waals surface area contributed by atoms with Gasteiger partial charge in [-0.2, -0.15) is 0 Å². The first-order chi connectivity index (χ1) is 12.6. The lowest BCUT2D eigenvalue weighted by molar-refractivity contribution is -0.149. The predicted octanol–water partition coefficient (Wildman–Crippen LogP) is 1.75. The molecule has 0 radical (unpaired) electrons. The Bertz CT molecular complexity index is 626. The molecule has 0 aliphatic carbocycles. The average Bonchev–Trinajstić information content (AvgIpc) is 3.02. The summed E-state index contributed by atoms with van der Waals surface area (Å²) in [5.74, 6) is -0.0959. The Labute approximate surface area is 154 Å². The van der Waals surface area contributed by atoms with E-state index in [2.05, 4.69) is 4.90 Å². The molecule has 0 saturated carbocycles. The Morgan fingerprint density at radius 3 is 2.58 bits per heavy atom. The molecule has 2 saturated heterocycles. The number of hydrogen-bond donors (Lipinski definition) is 1. The Kier molecular flexibility index (Phi) is 6.11. The topological polar surface area (TPSA) is 85.1 Å². The molecule has 2 N–H and O–H groups in total. The second-order valence-electron chi connectivity index (χ2n) is 6.81. The Morgan fingerprint density at radius 1 is 1.27 bits per heavy atom. The van der Waals surface area contributed by atoms with Gasteiger partial charge in [0.25, 0.3) is 0 Å². The normalized spacial score (nSPS) is 21.7. The van der Waals surface area contributed by atoms with Crippen LogP contribution in [0.1, 0.15) is 25.3 Å². The maximum atomic E-state index is 12.2. The zero-order valence-electron chi connectivity index (χ0n) is 15.2. The number of esters is 1. The number of benzene rings is 1. The highest BCUT2D eigenvalue weighted by Crippen LogP contribution is 2.24. The largest absolute Gasteiger partial charge is 0.466 e. The molecule has 3 rings (SSSR count). The van der Waals surface area contributed by atoms with E-state index in [1.54, 1.807) is 4.90 Å². The minimum atomic E-state index is -0.308. The monoisotopic (exact) mass is 361 g/mol. The molecule has 26 heavy (non-hydrogen) atoms. The summed E-state index contributed by atoms with van der Waals surface area (Å²) in [5, 5.41) is 0. The number of hydrogen-bond acceptors (Lipinski definition) is 6. The van der Waals surface area contributed by atoms with Gasteiger partial charge in [0.2, 0.25) is 0 Å². The van der Waals surface area contributed by atoms with Crippen LogP contribution in [0.25, 0.3) is 0 Å². The van der Waals surface area contributed by atoms with Gasteiger partial charge in [-0.25, -0.2) is 4.79 Å². The third-order valence-electron chi connectivity index (χ3n) is 5.03. The first kappa shape index (κ1) is 18.7. The molecule has 2 aliphatic heterocycles. The van der Waals surface area contributed by atoms with Gasteiger partial charge in [-0.3, -0.25) is 14.6 Å². The summed E-state index contributed by atoms with van der Waals surface area (Å²) in [4.78, 5) is 27.9. The van der Waals surface area contributed by atoms with E-state index >= 15 is 0 Å². The summed E-state index contributed by atoms with van der Waals surface area (Å²) in [7, 11) is 0. The number of nitrogens with zero attached hydrogens (tertiary/aromatic N) is 2. The molecule has 1 atom stereocenters. The number of piperidine rings is 1. The molecule has 1 amide bonds. The lowest BCUT2D eigenvalue weighted by Gasteiger charge is -2.31. The first-order valence-electron chi connectivity index (χ1n) is 9.26. The second-order valence-corrected chi connectivity index (χ2v) is 6.81. The molecule has 0 bridgehead atoms. The van der Waals surface area contributed by atoms with Crippen molar-refractivity contribution >= 4 is 17.7 Å². The van der Waals surface area contributed by atoms with E-state index in [0.717, 1.165) is 37.2 Å². The maximum absolute atomic E-state index is 12.2. The van der Waals surface area contributed by atoms with Gasteiger partial charge in [-0.15, -0.1) is 0 Å². The van der Waals surface area contributed by atoms with Gasteiger partial charge in [0.15, 0.2) is 0 Å². The molecule has 7 nitrogen and oxygen atoms in total. The van der Waals surface area contributed by atoms with Gasteiger partial charge < -0.3 is 15.2 Å². The van der Waals surface area contributed by atoms with Crippen molar-refractivity contribution in [2.75, 3.05) is 37.7 Å².